The van der Waals surface area contributed by atoms with E-state index >= 15 is 0 Å². The fourth-order valence-corrected chi connectivity index (χ4v) is 3.03. The molecule has 4 heteroatoms. The predicted molar refractivity (Wildman–Crippen MR) is 69.1 cm³/mol. The van der Waals surface area contributed by atoms with E-state index in [9.17, 15) is 4.39 Å². The molecule has 2 aliphatic heterocycles. The molecule has 2 bridgehead atoms. The molecule has 2 N–H and O–H groups in total. The van der Waals surface area contributed by atoms with Crippen LogP contribution in [0.3, 0.4) is 0 Å². The molecule has 2 unspecified atom stereocenters. The van der Waals surface area contributed by atoms with Gasteiger partial charge in [0, 0.05) is 19.1 Å². The highest BCUT2D eigenvalue weighted by molar-refractivity contribution is 5.56. The molecule has 1 aromatic carbocycles. The molecule has 1 aromatic rings. The molecular formula is C14H19FN2O. The van der Waals surface area contributed by atoms with Crippen molar-refractivity contribution in [2.45, 2.75) is 38.0 Å². The molecule has 3 atom stereocenters. The van der Waals surface area contributed by atoms with E-state index in [0.29, 0.717) is 5.69 Å². The van der Waals surface area contributed by atoms with Crippen LogP contribution in [-0.2, 0) is 4.74 Å². The predicted octanol–water partition coefficient (Wildman–Crippen LogP) is 2.21. The summed E-state index contributed by atoms with van der Waals surface area (Å²) in [6.45, 7) is 3.45. The SMILES string of the molecule is C[C@@H](N)c1cccc(F)c1N1CC2CCC(C1)O2. The molecule has 0 radical (unpaired) electrons. The Hall–Kier alpha value is -1.13. The van der Waals surface area contributed by atoms with Gasteiger partial charge in [-0.15, -0.1) is 0 Å². The van der Waals surface area contributed by atoms with Gasteiger partial charge in [-0.2, -0.15) is 0 Å². The summed E-state index contributed by atoms with van der Waals surface area (Å²) in [5.41, 5.74) is 7.51. The van der Waals surface area contributed by atoms with Crippen LogP contribution >= 0.6 is 0 Å². The Morgan fingerprint density at radius 3 is 2.61 bits per heavy atom. The van der Waals surface area contributed by atoms with Crippen molar-refractivity contribution >= 4 is 5.69 Å². The lowest BCUT2D eigenvalue weighted by molar-refractivity contribution is 0.0302. The topological polar surface area (TPSA) is 38.5 Å². The van der Waals surface area contributed by atoms with Crippen LogP contribution in [0.2, 0.25) is 0 Å². The molecule has 2 aliphatic rings. The number of halogens is 1. The first-order valence-corrected chi connectivity index (χ1v) is 6.59. The fraction of sp³-hybridized carbons (Fsp3) is 0.571. The highest BCUT2D eigenvalue weighted by Crippen LogP contribution is 2.34. The van der Waals surface area contributed by atoms with Gasteiger partial charge in [0.1, 0.15) is 5.82 Å². The van der Waals surface area contributed by atoms with Gasteiger partial charge >= 0.3 is 0 Å². The number of fused-ring (bicyclic) bond motifs is 2. The van der Waals surface area contributed by atoms with Gasteiger partial charge in [0.15, 0.2) is 0 Å². The van der Waals surface area contributed by atoms with Crippen LogP contribution in [0, 0.1) is 5.82 Å². The van der Waals surface area contributed by atoms with Crippen molar-refractivity contribution in [1.29, 1.82) is 0 Å². The van der Waals surface area contributed by atoms with E-state index in [1.54, 1.807) is 6.07 Å². The van der Waals surface area contributed by atoms with Crippen molar-refractivity contribution in [2.24, 2.45) is 5.73 Å². The van der Waals surface area contributed by atoms with Crippen LogP contribution in [0.25, 0.3) is 0 Å². The number of rotatable bonds is 2. The third kappa shape index (κ3) is 1.99. The Morgan fingerprint density at radius 1 is 1.33 bits per heavy atom. The van der Waals surface area contributed by atoms with Gasteiger partial charge in [0.25, 0.3) is 0 Å². The molecule has 0 amide bonds. The van der Waals surface area contributed by atoms with E-state index in [1.165, 1.54) is 6.07 Å². The number of ether oxygens (including phenoxy) is 1. The minimum Gasteiger partial charge on any atom is -0.371 e. The van der Waals surface area contributed by atoms with Gasteiger partial charge in [0.2, 0.25) is 0 Å². The van der Waals surface area contributed by atoms with Gasteiger partial charge < -0.3 is 15.4 Å². The van der Waals surface area contributed by atoms with Crippen LogP contribution in [-0.4, -0.2) is 25.3 Å². The Labute approximate surface area is 107 Å². The van der Waals surface area contributed by atoms with Gasteiger partial charge in [-0.1, -0.05) is 12.1 Å². The van der Waals surface area contributed by atoms with E-state index in [4.69, 9.17) is 10.5 Å². The van der Waals surface area contributed by atoms with Crippen LogP contribution in [0.5, 0.6) is 0 Å². The minimum atomic E-state index is -0.175. The first kappa shape index (κ1) is 11.9. The van der Waals surface area contributed by atoms with Crippen LogP contribution in [0.15, 0.2) is 18.2 Å². The zero-order valence-corrected chi connectivity index (χ0v) is 10.6. The van der Waals surface area contributed by atoms with Crippen molar-refractivity contribution in [3.63, 3.8) is 0 Å². The Bertz CT molecular complexity index is 437. The van der Waals surface area contributed by atoms with Crippen molar-refractivity contribution in [3.05, 3.63) is 29.6 Å². The van der Waals surface area contributed by atoms with Crippen LogP contribution < -0.4 is 10.6 Å². The Kier molecular flexibility index (Phi) is 2.99. The molecule has 98 valence electrons. The van der Waals surface area contributed by atoms with E-state index in [2.05, 4.69) is 4.90 Å². The minimum absolute atomic E-state index is 0.156. The fourth-order valence-electron chi connectivity index (χ4n) is 3.03. The van der Waals surface area contributed by atoms with Crippen molar-refractivity contribution in [3.8, 4) is 0 Å². The molecule has 2 saturated heterocycles. The van der Waals surface area contributed by atoms with E-state index in [1.807, 2.05) is 13.0 Å². The number of para-hydroxylation sites is 1. The second-order valence-corrected chi connectivity index (χ2v) is 5.33. The second-order valence-electron chi connectivity index (χ2n) is 5.33. The van der Waals surface area contributed by atoms with E-state index < -0.39 is 0 Å². The Morgan fingerprint density at radius 2 is 2.00 bits per heavy atom. The van der Waals surface area contributed by atoms with Crippen LogP contribution in [0.4, 0.5) is 10.1 Å². The lowest BCUT2D eigenvalue weighted by Crippen LogP contribution is -2.43. The molecule has 18 heavy (non-hydrogen) atoms. The summed E-state index contributed by atoms with van der Waals surface area (Å²) >= 11 is 0. The average molecular weight is 250 g/mol. The maximum absolute atomic E-state index is 14.1. The van der Waals surface area contributed by atoms with Gasteiger partial charge in [-0.25, -0.2) is 4.39 Å². The number of anilines is 1. The second kappa shape index (κ2) is 4.52. The first-order chi connectivity index (χ1) is 8.65. The molecule has 0 spiro atoms. The molecule has 0 aromatic heterocycles. The molecule has 2 fully saturated rings. The standard InChI is InChI=1S/C14H19FN2O/c1-9(16)12-3-2-4-13(15)14(12)17-7-10-5-6-11(8-17)18-10/h2-4,9-11H,5-8,16H2,1H3/t9-,10?,11?/m1/s1. The van der Waals surface area contributed by atoms with E-state index in [0.717, 1.165) is 31.5 Å². The lowest BCUT2D eigenvalue weighted by Gasteiger charge is -2.35. The molecule has 0 aliphatic carbocycles. The Balaban J connectivity index is 1.96. The summed E-state index contributed by atoms with van der Waals surface area (Å²) < 4.78 is 19.9. The lowest BCUT2D eigenvalue weighted by atomic mass is 10.0. The summed E-state index contributed by atoms with van der Waals surface area (Å²) in [5.74, 6) is -0.175. The van der Waals surface area contributed by atoms with E-state index in [-0.39, 0.29) is 24.1 Å². The third-order valence-corrected chi connectivity index (χ3v) is 3.87. The zero-order chi connectivity index (χ0) is 12.7. The highest BCUT2D eigenvalue weighted by Gasteiger charge is 2.35. The normalized spacial score (nSPS) is 28.5. The van der Waals surface area contributed by atoms with Crippen LogP contribution in [0.1, 0.15) is 31.4 Å². The summed E-state index contributed by atoms with van der Waals surface area (Å²) in [6.07, 6.45) is 2.68. The van der Waals surface area contributed by atoms with Crippen molar-refractivity contribution in [1.82, 2.24) is 0 Å². The summed E-state index contributed by atoms with van der Waals surface area (Å²) in [4.78, 5) is 2.11. The van der Waals surface area contributed by atoms with Crippen molar-refractivity contribution in [2.75, 3.05) is 18.0 Å². The summed E-state index contributed by atoms with van der Waals surface area (Å²) in [5, 5.41) is 0. The van der Waals surface area contributed by atoms with Crippen molar-refractivity contribution < 1.29 is 9.13 Å². The summed E-state index contributed by atoms with van der Waals surface area (Å²) in [6, 6.07) is 5.00. The largest absolute Gasteiger partial charge is 0.371 e. The molecular weight excluding hydrogens is 231 g/mol. The first-order valence-electron chi connectivity index (χ1n) is 6.59. The maximum Gasteiger partial charge on any atom is 0.146 e. The molecule has 3 rings (SSSR count). The maximum atomic E-state index is 14.1. The smallest absolute Gasteiger partial charge is 0.146 e. The van der Waals surface area contributed by atoms with Gasteiger partial charge in [-0.3, -0.25) is 0 Å². The highest BCUT2D eigenvalue weighted by atomic mass is 19.1. The van der Waals surface area contributed by atoms with Gasteiger partial charge in [0.05, 0.1) is 17.9 Å². The number of benzene rings is 1. The van der Waals surface area contributed by atoms with Gasteiger partial charge in [-0.05, 0) is 31.4 Å². The number of morpholine rings is 1. The zero-order valence-electron chi connectivity index (χ0n) is 10.6. The third-order valence-electron chi connectivity index (χ3n) is 3.87. The molecule has 0 saturated carbocycles. The molecule has 2 heterocycles. The average Bonchev–Trinajstić information content (AvgIpc) is 2.68. The number of hydrogen-bond acceptors (Lipinski definition) is 3. The monoisotopic (exact) mass is 250 g/mol. The number of hydrogen-bond donors (Lipinski definition) is 1. The summed E-state index contributed by atoms with van der Waals surface area (Å²) in [7, 11) is 0. The quantitative estimate of drug-likeness (QED) is 0.874. The number of nitrogens with zero attached hydrogens (tertiary/aromatic N) is 1. The number of nitrogens with two attached hydrogens (primary N) is 1. The molecule has 3 nitrogen and oxygen atoms in total.